The van der Waals surface area contributed by atoms with E-state index < -0.39 is 5.54 Å². The first-order valence-electron chi connectivity index (χ1n) is 23.0. The minimum Gasteiger partial charge on any atom is -0.457 e. The molecule has 2 aliphatic heterocycles. The van der Waals surface area contributed by atoms with Gasteiger partial charge in [-0.2, -0.15) is 0 Å². The second kappa shape index (κ2) is 14.4. The van der Waals surface area contributed by atoms with Gasteiger partial charge in [-0.1, -0.05) is 84.9 Å². The smallest absolute Gasteiger partial charge is 0.141 e. The first kappa shape index (κ1) is 42.6. The topological polar surface area (TPSA) is 41.0 Å². The molecule has 0 saturated heterocycles. The largest absolute Gasteiger partial charge is 0.457 e. The summed E-state index contributed by atoms with van der Waals surface area (Å²) < 4.78 is 7.10. The Bertz CT molecular complexity index is 2880. The van der Waals surface area contributed by atoms with Gasteiger partial charge in [0.25, 0.3) is 0 Å². The standard InChI is InChI=1S/C58H66N4O/c1-33(2)41-27-42(53-60-58(16)48-21-19-35(4)38(7)47(48)32-57(58,15)62(53)52-39(8)36(5)26-37(6)40(52)9)29-46(28-41)63-45-25-34(3)24-44(31-45)61-51-22-20-43(55(10,11)12)30-50(51)56(13,14)49-18-17-23-59-54(49)61/h17-31,33H,32H2,1-16H3/t57-,58+/m0/s1. The lowest BCUT2D eigenvalue weighted by Gasteiger charge is -2.43. The lowest BCUT2D eigenvalue weighted by atomic mass is 9.72. The number of aliphatic imine (C=N–C) groups is 1. The first-order valence-corrected chi connectivity index (χ1v) is 23.0. The average Bonchev–Trinajstić information content (AvgIpc) is 3.58. The normalized spacial score (nSPS) is 19.8. The molecule has 3 heterocycles. The van der Waals surface area contributed by atoms with Crippen molar-refractivity contribution in [1.82, 2.24) is 4.98 Å². The number of amidine groups is 1. The van der Waals surface area contributed by atoms with Crippen molar-refractivity contribution in [3.63, 3.8) is 0 Å². The molecular weight excluding hydrogens is 769 g/mol. The van der Waals surface area contributed by atoms with Crippen molar-refractivity contribution in [2.75, 3.05) is 9.80 Å². The van der Waals surface area contributed by atoms with Crippen LogP contribution in [0.5, 0.6) is 11.5 Å². The molecule has 6 aromatic rings. The molecule has 5 nitrogen and oxygen atoms in total. The van der Waals surface area contributed by atoms with E-state index in [0.717, 1.165) is 52.1 Å². The summed E-state index contributed by atoms with van der Waals surface area (Å²) in [6.45, 7) is 36.6. The van der Waals surface area contributed by atoms with Crippen molar-refractivity contribution < 1.29 is 4.74 Å². The Kier molecular flexibility index (Phi) is 9.75. The van der Waals surface area contributed by atoms with Crippen molar-refractivity contribution >= 4 is 28.7 Å². The van der Waals surface area contributed by atoms with E-state index in [1.54, 1.807) is 0 Å². The SMILES string of the molecule is Cc1cc(Oc2cc(C3=N[C@]4(C)c5ccc(C)c(C)c5C[C@]4(C)N3c3c(C)c(C)cc(C)c3C)cc(C(C)C)c2)cc(N2c3ccc(C(C)(C)C)cc3C(C)(C)c3cccnc32)c1. The number of aryl methyl sites for hydroxylation is 4. The van der Waals surface area contributed by atoms with Gasteiger partial charge in [0.05, 0.1) is 16.9 Å². The van der Waals surface area contributed by atoms with Crippen LogP contribution in [0.15, 0.2) is 96.1 Å². The Morgan fingerprint density at radius 2 is 1.38 bits per heavy atom. The maximum absolute atomic E-state index is 7.10. The van der Waals surface area contributed by atoms with Crippen LogP contribution in [-0.2, 0) is 22.8 Å². The van der Waals surface area contributed by atoms with Crippen LogP contribution in [0.25, 0.3) is 0 Å². The molecule has 0 amide bonds. The number of aromatic nitrogens is 1. The molecule has 1 aliphatic carbocycles. The summed E-state index contributed by atoms with van der Waals surface area (Å²) in [7, 11) is 0. The number of benzene rings is 5. The molecular formula is C58H66N4O. The van der Waals surface area contributed by atoms with Gasteiger partial charge in [0, 0.05) is 34.5 Å². The fraction of sp³-hybridized carbons (Fsp3) is 0.379. The van der Waals surface area contributed by atoms with Gasteiger partial charge in [0.2, 0.25) is 0 Å². The van der Waals surface area contributed by atoms with E-state index in [2.05, 4.69) is 206 Å². The molecule has 0 fully saturated rings. The number of rotatable bonds is 6. The molecule has 5 heteroatoms. The van der Waals surface area contributed by atoms with Crippen LogP contribution < -0.4 is 14.5 Å². The van der Waals surface area contributed by atoms with Crippen LogP contribution in [0, 0.1) is 48.5 Å². The van der Waals surface area contributed by atoms with Crippen molar-refractivity contribution in [2.45, 2.75) is 145 Å². The molecule has 3 aliphatic rings. The summed E-state index contributed by atoms with van der Waals surface area (Å²) in [5.74, 6) is 3.81. The van der Waals surface area contributed by atoms with Gasteiger partial charge < -0.3 is 9.64 Å². The van der Waals surface area contributed by atoms with Gasteiger partial charge >= 0.3 is 0 Å². The highest BCUT2D eigenvalue weighted by Crippen LogP contribution is 2.58. The lowest BCUT2D eigenvalue weighted by molar-refractivity contribution is 0.321. The molecule has 63 heavy (non-hydrogen) atoms. The Balaban J connectivity index is 1.20. The zero-order valence-electron chi connectivity index (χ0n) is 40.6. The number of pyridine rings is 1. The van der Waals surface area contributed by atoms with Gasteiger partial charge in [0.1, 0.15) is 28.7 Å². The van der Waals surface area contributed by atoms with E-state index in [-0.39, 0.29) is 22.3 Å². The first-order chi connectivity index (χ1) is 29.5. The molecule has 5 aromatic carbocycles. The summed E-state index contributed by atoms with van der Waals surface area (Å²) >= 11 is 0. The van der Waals surface area contributed by atoms with Crippen LogP contribution in [-0.4, -0.2) is 16.4 Å². The van der Waals surface area contributed by atoms with Gasteiger partial charge in [-0.25, -0.2) is 4.98 Å². The number of anilines is 4. The maximum atomic E-state index is 7.10. The molecule has 1 aromatic heterocycles. The van der Waals surface area contributed by atoms with Crippen molar-refractivity contribution in [1.29, 1.82) is 0 Å². The number of ether oxygens (including phenoxy) is 1. The molecule has 0 saturated carbocycles. The Hall–Kier alpha value is -5.68. The molecule has 0 unspecified atom stereocenters. The van der Waals surface area contributed by atoms with Crippen molar-refractivity contribution in [3.05, 3.63) is 169 Å². The molecule has 0 spiro atoms. The second-order valence-electron chi connectivity index (χ2n) is 21.3. The van der Waals surface area contributed by atoms with Gasteiger partial charge in [-0.15, -0.1) is 0 Å². The van der Waals surface area contributed by atoms with Crippen molar-refractivity contribution in [3.8, 4) is 11.5 Å². The second-order valence-corrected chi connectivity index (χ2v) is 21.3. The predicted molar refractivity (Wildman–Crippen MR) is 265 cm³/mol. The Morgan fingerprint density at radius 1 is 0.683 bits per heavy atom. The van der Waals surface area contributed by atoms with Gasteiger partial charge in [-0.3, -0.25) is 9.89 Å². The summed E-state index contributed by atoms with van der Waals surface area (Å²) in [5.41, 5.74) is 20.4. The molecule has 0 N–H and O–H groups in total. The van der Waals surface area contributed by atoms with Crippen LogP contribution in [0.3, 0.4) is 0 Å². The molecule has 2 atom stereocenters. The number of hydrogen-bond acceptors (Lipinski definition) is 5. The van der Waals surface area contributed by atoms with E-state index in [1.807, 2.05) is 6.20 Å². The summed E-state index contributed by atoms with van der Waals surface area (Å²) in [6.07, 6.45) is 2.82. The highest BCUT2D eigenvalue weighted by molar-refractivity contribution is 6.14. The van der Waals surface area contributed by atoms with Crippen LogP contribution in [0.4, 0.5) is 22.9 Å². The number of fused-ring (bicyclic) bond motifs is 5. The Labute approximate surface area is 377 Å². The zero-order valence-corrected chi connectivity index (χ0v) is 40.6. The Morgan fingerprint density at radius 3 is 2.06 bits per heavy atom. The van der Waals surface area contributed by atoms with E-state index in [9.17, 15) is 0 Å². The summed E-state index contributed by atoms with van der Waals surface area (Å²) in [5, 5.41) is 0. The fourth-order valence-electron chi connectivity index (χ4n) is 10.9. The van der Waals surface area contributed by atoms with Crippen LogP contribution in [0.1, 0.15) is 146 Å². The average molecular weight is 835 g/mol. The van der Waals surface area contributed by atoms with Gasteiger partial charge in [0.15, 0.2) is 0 Å². The minimum atomic E-state index is -0.468. The van der Waals surface area contributed by atoms with E-state index in [0.29, 0.717) is 0 Å². The maximum Gasteiger partial charge on any atom is 0.141 e. The van der Waals surface area contributed by atoms with Crippen LogP contribution >= 0.6 is 0 Å². The molecule has 9 rings (SSSR count). The quantitative estimate of drug-likeness (QED) is 0.168. The third kappa shape index (κ3) is 6.47. The third-order valence-electron chi connectivity index (χ3n) is 15.4. The monoisotopic (exact) mass is 835 g/mol. The minimum absolute atomic E-state index is 0.0213. The van der Waals surface area contributed by atoms with E-state index in [4.69, 9.17) is 14.7 Å². The zero-order chi connectivity index (χ0) is 45.3. The molecule has 324 valence electrons. The van der Waals surface area contributed by atoms with Gasteiger partial charge in [-0.05, 0) is 189 Å². The van der Waals surface area contributed by atoms with Crippen LogP contribution in [0.2, 0.25) is 0 Å². The third-order valence-corrected chi connectivity index (χ3v) is 15.4. The lowest BCUT2D eigenvalue weighted by Crippen LogP contribution is -2.54. The fourth-order valence-corrected chi connectivity index (χ4v) is 10.9. The summed E-state index contributed by atoms with van der Waals surface area (Å²) in [4.78, 5) is 15.9. The molecule has 0 radical (unpaired) electrons. The highest BCUT2D eigenvalue weighted by Gasteiger charge is 2.61. The van der Waals surface area contributed by atoms with E-state index in [1.165, 1.54) is 72.4 Å². The van der Waals surface area contributed by atoms with E-state index >= 15 is 0 Å². The predicted octanol–water partition coefficient (Wildman–Crippen LogP) is 15.1. The number of nitrogens with zero attached hydrogens (tertiary/aromatic N) is 4. The number of hydrogen-bond donors (Lipinski definition) is 0. The summed E-state index contributed by atoms with van der Waals surface area (Å²) in [6, 6.07) is 31.7. The molecule has 0 bridgehead atoms. The highest BCUT2D eigenvalue weighted by atomic mass is 16.5. The van der Waals surface area contributed by atoms with Crippen molar-refractivity contribution in [2.24, 2.45) is 4.99 Å².